The average molecular weight is 402 g/mol. The highest BCUT2D eigenvalue weighted by atomic mass is 16.3. The zero-order valence-electron chi connectivity index (χ0n) is 16.6. The van der Waals surface area contributed by atoms with Gasteiger partial charge in [0.25, 0.3) is 0 Å². The van der Waals surface area contributed by atoms with Crippen LogP contribution in [0.4, 0.5) is 0 Å². The molecule has 5 aromatic rings. The van der Waals surface area contributed by atoms with Gasteiger partial charge in [-0.2, -0.15) is 0 Å². The number of aromatic hydroxyl groups is 1. The normalized spacial score (nSPS) is 12.1. The van der Waals surface area contributed by atoms with E-state index >= 15 is 0 Å². The van der Waals surface area contributed by atoms with Crippen molar-refractivity contribution in [3.05, 3.63) is 125 Å². The van der Waals surface area contributed by atoms with E-state index in [-0.39, 0.29) is 11.6 Å². The Balaban J connectivity index is 0.000000132. The van der Waals surface area contributed by atoms with Crippen molar-refractivity contribution in [3.63, 3.8) is 0 Å². The van der Waals surface area contributed by atoms with Gasteiger partial charge in [-0.15, -0.1) is 0 Å². The first-order valence-corrected chi connectivity index (χ1v) is 10.0. The molecule has 0 fully saturated rings. The van der Waals surface area contributed by atoms with Crippen LogP contribution < -0.4 is 0 Å². The van der Waals surface area contributed by atoms with Crippen molar-refractivity contribution in [2.75, 3.05) is 0 Å². The van der Waals surface area contributed by atoms with E-state index < -0.39 is 0 Å². The third-order valence-electron chi connectivity index (χ3n) is 5.58. The lowest BCUT2D eigenvalue weighted by Gasteiger charge is -2.16. The summed E-state index contributed by atoms with van der Waals surface area (Å²) >= 11 is 0. The Hall–Kier alpha value is -4.24. The molecule has 0 spiro atoms. The summed E-state index contributed by atoms with van der Waals surface area (Å²) in [5.41, 5.74) is 2.02. The molecule has 5 aromatic carbocycles. The lowest BCUT2D eigenvalue weighted by atomic mass is 9.84. The lowest BCUT2D eigenvalue weighted by Crippen LogP contribution is -2.20. The van der Waals surface area contributed by atoms with Gasteiger partial charge in [-0.25, -0.2) is 0 Å². The molecule has 3 nitrogen and oxygen atoms in total. The fraction of sp³-hybridized carbons (Fsp3) is 0. The van der Waals surface area contributed by atoms with E-state index in [2.05, 4.69) is 6.07 Å². The van der Waals surface area contributed by atoms with Gasteiger partial charge >= 0.3 is 0 Å². The summed E-state index contributed by atoms with van der Waals surface area (Å²) in [7, 11) is 0. The quantitative estimate of drug-likeness (QED) is 0.310. The predicted octanol–water partition coefficient (Wildman–Crippen LogP) is 6.16. The number of phenolic OH excluding ortho intramolecular Hbond substituents is 1. The van der Waals surface area contributed by atoms with Gasteiger partial charge in [0.05, 0.1) is 0 Å². The maximum absolute atomic E-state index is 12.1. The van der Waals surface area contributed by atoms with E-state index in [4.69, 9.17) is 0 Å². The molecule has 148 valence electrons. The van der Waals surface area contributed by atoms with Crippen molar-refractivity contribution in [1.29, 1.82) is 0 Å². The maximum Gasteiger partial charge on any atom is 0.194 e. The summed E-state index contributed by atoms with van der Waals surface area (Å²) in [6.07, 6.45) is 0. The Kier molecular flexibility index (Phi) is 4.57. The van der Waals surface area contributed by atoms with Crippen molar-refractivity contribution in [3.8, 4) is 5.75 Å². The van der Waals surface area contributed by atoms with E-state index in [0.29, 0.717) is 28.0 Å². The van der Waals surface area contributed by atoms with Gasteiger partial charge in [0.1, 0.15) is 5.75 Å². The van der Waals surface area contributed by atoms with E-state index in [1.54, 1.807) is 48.5 Å². The smallest absolute Gasteiger partial charge is 0.194 e. The van der Waals surface area contributed by atoms with Crippen LogP contribution in [0.2, 0.25) is 0 Å². The fourth-order valence-electron chi connectivity index (χ4n) is 4.04. The van der Waals surface area contributed by atoms with Crippen LogP contribution in [-0.2, 0) is 0 Å². The van der Waals surface area contributed by atoms with Crippen LogP contribution in [-0.4, -0.2) is 16.7 Å². The molecular weight excluding hydrogens is 384 g/mol. The van der Waals surface area contributed by atoms with E-state index in [0.717, 1.165) is 21.5 Å². The number of carbonyl (C=O) groups is 2. The number of carbonyl (C=O) groups excluding carboxylic acids is 2. The Labute approximate surface area is 179 Å². The Morgan fingerprint density at radius 3 is 1.16 bits per heavy atom. The molecule has 1 aliphatic carbocycles. The van der Waals surface area contributed by atoms with E-state index in [9.17, 15) is 14.7 Å². The standard InChI is InChI=1S/C14H8O2.C14H10O/c15-13-9-5-1-2-6-10(9)14(16)12-8-4-3-7-11(12)13;15-14-12-7-3-1-5-10(12)9-11-6-2-4-8-13(11)14/h1-8H;1-9,15H. The first-order valence-electron chi connectivity index (χ1n) is 10.0. The Bertz CT molecular complexity index is 1320. The van der Waals surface area contributed by atoms with Crippen LogP contribution >= 0.6 is 0 Å². The highest BCUT2D eigenvalue weighted by molar-refractivity contribution is 6.28. The van der Waals surface area contributed by atoms with Gasteiger partial charge in [-0.1, -0.05) is 97.1 Å². The van der Waals surface area contributed by atoms with Crippen molar-refractivity contribution in [1.82, 2.24) is 0 Å². The van der Waals surface area contributed by atoms with Gasteiger partial charge < -0.3 is 5.11 Å². The van der Waals surface area contributed by atoms with Crippen LogP contribution in [0.5, 0.6) is 5.75 Å². The van der Waals surface area contributed by atoms with Crippen molar-refractivity contribution >= 4 is 33.1 Å². The molecule has 6 rings (SSSR count). The minimum absolute atomic E-state index is 0.0641. The molecule has 0 unspecified atom stereocenters. The SMILES string of the molecule is O=C1c2ccccc2C(=O)c2ccccc21.Oc1c2ccccc2cc2ccccc12. The molecule has 1 N–H and O–H groups in total. The predicted molar refractivity (Wildman–Crippen MR) is 123 cm³/mol. The summed E-state index contributed by atoms with van der Waals surface area (Å²) in [5, 5.41) is 14.1. The van der Waals surface area contributed by atoms with Gasteiger partial charge in [0.15, 0.2) is 11.6 Å². The molecule has 0 atom stereocenters. The monoisotopic (exact) mass is 402 g/mol. The number of benzene rings is 5. The maximum atomic E-state index is 12.1. The largest absolute Gasteiger partial charge is 0.507 e. The van der Waals surface area contributed by atoms with E-state index in [1.807, 2.05) is 48.5 Å². The number of fused-ring (bicyclic) bond motifs is 4. The van der Waals surface area contributed by atoms with Crippen LogP contribution in [0.3, 0.4) is 0 Å². The van der Waals surface area contributed by atoms with Crippen molar-refractivity contribution in [2.45, 2.75) is 0 Å². The van der Waals surface area contributed by atoms with Crippen molar-refractivity contribution in [2.24, 2.45) is 0 Å². The van der Waals surface area contributed by atoms with Crippen LogP contribution in [0, 0.1) is 0 Å². The number of phenols is 1. The minimum Gasteiger partial charge on any atom is -0.507 e. The highest BCUT2D eigenvalue weighted by Gasteiger charge is 2.28. The Morgan fingerprint density at radius 1 is 0.452 bits per heavy atom. The molecule has 0 aromatic heterocycles. The number of rotatable bonds is 0. The van der Waals surface area contributed by atoms with Crippen LogP contribution in [0.1, 0.15) is 31.8 Å². The first kappa shape index (κ1) is 18.8. The number of hydrogen-bond acceptors (Lipinski definition) is 3. The molecule has 1 aliphatic rings. The molecule has 0 bridgehead atoms. The molecular formula is C28H18O3. The van der Waals surface area contributed by atoms with E-state index in [1.165, 1.54) is 0 Å². The highest BCUT2D eigenvalue weighted by Crippen LogP contribution is 2.33. The van der Waals surface area contributed by atoms with Crippen LogP contribution in [0.15, 0.2) is 103 Å². The van der Waals surface area contributed by atoms with Crippen LogP contribution in [0.25, 0.3) is 21.5 Å². The second kappa shape index (κ2) is 7.54. The molecule has 3 heteroatoms. The fourth-order valence-corrected chi connectivity index (χ4v) is 4.04. The molecule has 0 saturated heterocycles. The summed E-state index contributed by atoms with van der Waals surface area (Å²) < 4.78 is 0. The number of hydrogen-bond donors (Lipinski definition) is 1. The average Bonchev–Trinajstić information content (AvgIpc) is 2.83. The third-order valence-corrected chi connectivity index (χ3v) is 5.58. The molecule has 0 radical (unpaired) electrons. The molecule has 31 heavy (non-hydrogen) atoms. The third kappa shape index (κ3) is 3.17. The van der Waals surface area contributed by atoms with Gasteiger partial charge in [-0.05, 0) is 16.8 Å². The lowest BCUT2D eigenvalue weighted by molar-refractivity contribution is 0.0979. The topological polar surface area (TPSA) is 54.4 Å². The summed E-state index contributed by atoms with van der Waals surface area (Å²) in [6, 6.07) is 31.8. The summed E-state index contributed by atoms with van der Waals surface area (Å²) in [6.45, 7) is 0. The summed E-state index contributed by atoms with van der Waals surface area (Å²) in [4.78, 5) is 24.2. The number of ketones is 2. The Morgan fingerprint density at radius 2 is 0.774 bits per heavy atom. The zero-order valence-corrected chi connectivity index (χ0v) is 16.6. The van der Waals surface area contributed by atoms with Gasteiger partial charge in [0.2, 0.25) is 0 Å². The molecule has 0 saturated carbocycles. The molecule has 0 aliphatic heterocycles. The second-order valence-corrected chi connectivity index (χ2v) is 7.42. The van der Waals surface area contributed by atoms with Crippen molar-refractivity contribution < 1.29 is 14.7 Å². The summed E-state index contributed by atoms with van der Waals surface area (Å²) in [5.74, 6) is 0.250. The first-order chi connectivity index (χ1) is 15.1. The zero-order chi connectivity index (χ0) is 21.4. The molecule has 0 heterocycles. The second-order valence-electron chi connectivity index (χ2n) is 7.42. The minimum atomic E-state index is -0.0641. The molecule has 0 amide bonds. The van der Waals surface area contributed by atoms with Gasteiger partial charge in [-0.3, -0.25) is 9.59 Å². The van der Waals surface area contributed by atoms with Gasteiger partial charge in [0, 0.05) is 33.0 Å².